The van der Waals surface area contributed by atoms with E-state index in [1.54, 1.807) is 24.3 Å². The summed E-state index contributed by atoms with van der Waals surface area (Å²) in [6.45, 7) is 1.01. The molecule has 0 bridgehead atoms. The van der Waals surface area contributed by atoms with Crippen molar-refractivity contribution in [2.75, 3.05) is 25.0 Å². The van der Waals surface area contributed by atoms with Crippen molar-refractivity contribution in [3.63, 3.8) is 0 Å². The van der Waals surface area contributed by atoms with Gasteiger partial charge in [0.05, 0.1) is 0 Å². The fraction of sp³-hybridized carbons (Fsp3) is 0.308. The van der Waals surface area contributed by atoms with Crippen LogP contribution in [0.2, 0.25) is 0 Å². The molecule has 1 aromatic heterocycles. The monoisotopic (exact) mass is 562 g/mol. The quantitative estimate of drug-likeness (QED) is 0.387. The minimum atomic E-state index is -4.51. The Kier molecular flexibility index (Phi) is 8.33. The fourth-order valence-corrected chi connectivity index (χ4v) is 5.76. The summed E-state index contributed by atoms with van der Waals surface area (Å²) in [6, 6.07) is 11.9. The Balaban J connectivity index is 1.46. The number of ether oxygens (including phenoxy) is 1. The van der Waals surface area contributed by atoms with Crippen LogP contribution in [0.5, 0.6) is 0 Å². The van der Waals surface area contributed by atoms with E-state index in [4.69, 9.17) is 4.74 Å². The number of amides is 2. The second-order valence-corrected chi connectivity index (χ2v) is 11.0. The predicted octanol–water partition coefficient (Wildman–Crippen LogP) is 2.77. The van der Waals surface area contributed by atoms with Crippen LogP contribution in [-0.4, -0.2) is 60.7 Å². The number of nitrogens with one attached hydrogen (secondary N) is 2. The minimum Gasteiger partial charge on any atom is -0.445 e. The van der Waals surface area contributed by atoms with Crippen LogP contribution in [0.25, 0.3) is 0 Å². The third-order valence-corrected chi connectivity index (χ3v) is 7.93. The van der Waals surface area contributed by atoms with Gasteiger partial charge in [0, 0.05) is 50.6 Å². The van der Waals surface area contributed by atoms with Gasteiger partial charge in [0.2, 0.25) is 10.0 Å². The number of anilines is 1. The number of rotatable bonds is 8. The van der Waals surface area contributed by atoms with Crippen molar-refractivity contribution in [2.45, 2.75) is 24.5 Å². The number of likely N-dealkylation sites (tertiary alicyclic amines) is 1. The molecule has 208 valence electrons. The molecule has 2 heterocycles. The molecule has 0 radical (unpaired) electrons. The number of aryl methyl sites for hydroxylation is 2. The number of hydrogen-bond donors (Lipinski definition) is 3. The van der Waals surface area contributed by atoms with Crippen LogP contribution in [0.4, 0.5) is 19.3 Å². The largest absolute Gasteiger partial charge is 0.445 e. The van der Waals surface area contributed by atoms with Gasteiger partial charge in [-0.25, -0.2) is 26.7 Å². The molecule has 13 heteroatoms. The fourth-order valence-electron chi connectivity index (χ4n) is 4.34. The molecule has 0 spiro atoms. The molecule has 3 aromatic rings. The first-order chi connectivity index (χ1) is 18.5. The van der Waals surface area contributed by atoms with Gasteiger partial charge in [-0.1, -0.05) is 30.3 Å². The van der Waals surface area contributed by atoms with Crippen molar-refractivity contribution in [2.24, 2.45) is 13.0 Å². The van der Waals surface area contributed by atoms with Crippen molar-refractivity contribution in [3.05, 3.63) is 83.2 Å². The minimum absolute atomic E-state index is 0.0217. The van der Waals surface area contributed by atoms with E-state index in [1.807, 2.05) is 6.07 Å². The van der Waals surface area contributed by atoms with Gasteiger partial charge < -0.3 is 24.6 Å². The number of halogens is 2. The third-order valence-electron chi connectivity index (χ3n) is 6.45. The molecular weight excluding hydrogens is 534 g/mol. The first-order valence-corrected chi connectivity index (χ1v) is 13.5. The first kappa shape index (κ1) is 28.2. The van der Waals surface area contributed by atoms with Crippen LogP contribution in [0.1, 0.15) is 21.6 Å². The van der Waals surface area contributed by atoms with E-state index in [2.05, 4.69) is 10.0 Å². The van der Waals surface area contributed by atoms with Crippen molar-refractivity contribution in [1.29, 1.82) is 0 Å². The third kappa shape index (κ3) is 6.27. The number of sulfonamides is 1. The summed E-state index contributed by atoms with van der Waals surface area (Å²) in [5.41, 5.74) is 0.696. The average molecular weight is 563 g/mol. The summed E-state index contributed by atoms with van der Waals surface area (Å²) in [5, 5.41) is 12.2. The summed E-state index contributed by atoms with van der Waals surface area (Å²) in [7, 11) is -3.20. The van der Waals surface area contributed by atoms with Crippen LogP contribution in [0.15, 0.2) is 59.6 Å². The van der Waals surface area contributed by atoms with Gasteiger partial charge in [-0.05, 0) is 36.2 Å². The van der Waals surface area contributed by atoms with Gasteiger partial charge >= 0.3 is 6.09 Å². The number of carbonyl (C=O) groups is 2. The van der Waals surface area contributed by atoms with Gasteiger partial charge in [-0.3, -0.25) is 4.79 Å². The average Bonchev–Trinajstić information content (AvgIpc) is 3.44. The number of benzene rings is 2. The molecule has 0 aliphatic carbocycles. The molecule has 2 atom stereocenters. The molecule has 1 fully saturated rings. The van der Waals surface area contributed by atoms with Crippen molar-refractivity contribution < 1.29 is 36.6 Å². The zero-order valence-electron chi connectivity index (χ0n) is 21.2. The molecule has 2 amide bonds. The summed E-state index contributed by atoms with van der Waals surface area (Å²) < 4.78 is 63.8. The summed E-state index contributed by atoms with van der Waals surface area (Å²) >= 11 is 0. The van der Waals surface area contributed by atoms with E-state index in [1.165, 1.54) is 31.0 Å². The predicted molar refractivity (Wildman–Crippen MR) is 137 cm³/mol. The zero-order valence-corrected chi connectivity index (χ0v) is 22.0. The Morgan fingerprint density at radius 3 is 2.51 bits per heavy atom. The number of aromatic nitrogens is 1. The molecule has 3 N–H and O–H groups in total. The van der Waals surface area contributed by atoms with Gasteiger partial charge in [-0.2, -0.15) is 0 Å². The number of aliphatic hydroxyl groups excluding tert-OH is 1. The van der Waals surface area contributed by atoms with Crippen molar-refractivity contribution in [1.82, 2.24) is 14.2 Å². The lowest BCUT2D eigenvalue weighted by atomic mass is 10.1. The van der Waals surface area contributed by atoms with E-state index >= 15 is 4.39 Å². The second-order valence-electron chi connectivity index (χ2n) is 9.30. The summed E-state index contributed by atoms with van der Waals surface area (Å²) in [6.07, 6.45) is 0.275. The lowest BCUT2D eigenvalue weighted by molar-refractivity contribution is 0.100. The molecule has 1 saturated heterocycles. The standard InChI is InChI=1S/C26H28F2N4O6S/c1-16-10-19(8-9-20(16)27)29-25(34)24-23(28)22(13-31(24)2)39(36,37)30-21-12-32(11-18(21)14-33)26(35)38-15-17-6-4-3-5-7-17/h3-10,13,18,21,30,33H,11-12,14-15H2,1-2H3,(H,29,34)/t18-,21-/m0/s1. The molecule has 1 aliphatic rings. The van der Waals surface area contributed by atoms with E-state index in [0.29, 0.717) is 0 Å². The first-order valence-electron chi connectivity index (χ1n) is 12.0. The Hall–Kier alpha value is -3.81. The number of carbonyl (C=O) groups excluding carboxylic acids is 2. The highest BCUT2D eigenvalue weighted by atomic mass is 32.2. The van der Waals surface area contributed by atoms with Crippen LogP contribution in [-0.2, 0) is 28.4 Å². The van der Waals surface area contributed by atoms with Gasteiger partial charge in [0.1, 0.15) is 23.0 Å². The van der Waals surface area contributed by atoms with Crippen LogP contribution in [0, 0.1) is 24.5 Å². The zero-order chi connectivity index (χ0) is 28.3. The van der Waals surface area contributed by atoms with E-state index in [9.17, 15) is 27.5 Å². The SMILES string of the molecule is Cc1cc(NC(=O)c2c(F)c(S(=O)(=O)N[C@H]3CN(C(=O)OCc4ccccc4)C[C@H]3CO)cn2C)ccc1F. The van der Waals surface area contributed by atoms with Crippen LogP contribution in [0.3, 0.4) is 0 Å². The molecule has 10 nitrogen and oxygen atoms in total. The maximum absolute atomic E-state index is 15.3. The van der Waals surface area contributed by atoms with Crippen LogP contribution < -0.4 is 10.0 Å². The van der Waals surface area contributed by atoms with Crippen molar-refractivity contribution >= 4 is 27.7 Å². The number of aliphatic hydroxyl groups is 1. The Morgan fingerprint density at radius 2 is 1.85 bits per heavy atom. The Bertz CT molecular complexity index is 1480. The summed E-state index contributed by atoms with van der Waals surface area (Å²) in [4.78, 5) is 25.8. The van der Waals surface area contributed by atoms with E-state index in [-0.39, 0.29) is 30.9 Å². The topological polar surface area (TPSA) is 130 Å². The number of hydrogen-bond acceptors (Lipinski definition) is 6. The molecule has 0 saturated carbocycles. The molecule has 39 heavy (non-hydrogen) atoms. The smallest absolute Gasteiger partial charge is 0.410 e. The lowest BCUT2D eigenvalue weighted by Gasteiger charge is -2.17. The molecule has 0 unspecified atom stereocenters. The van der Waals surface area contributed by atoms with E-state index in [0.717, 1.165) is 22.4 Å². The Labute approximate surface area is 224 Å². The normalized spacial score (nSPS) is 17.3. The summed E-state index contributed by atoms with van der Waals surface area (Å²) in [5.74, 6) is -3.35. The van der Waals surface area contributed by atoms with Gasteiger partial charge in [0.25, 0.3) is 5.91 Å². The lowest BCUT2D eigenvalue weighted by Crippen LogP contribution is -2.42. The molecule has 2 aromatic carbocycles. The molecular formula is C26H28F2N4O6S. The van der Waals surface area contributed by atoms with Crippen molar-refractivity contribution in [3.8, 4) is 0 Å². The highest BCUT2D eigenvalue weighted by Gasteiger charge is 2.39. The highest BCUT2D eigenvalue weighted by molar-refractivity contribution is 7.89. The molecule has 4 rings (SSSR count). The molecule has 1 aliphatic heterocycles. The van der Waals surface area contributed by atoms with Crippen LogP contribution >= 0.6 is 0 Å². The second kappa shape index (κ2) is 11.5. The highest BCUT2D eigenvalue weighted by Crippen LogP contribution is 2.25. The maximum atomic E-state index is 15.3. The van der Waals surface area contributed by atoms with E-state index < -0.39 is 62.8 Å². The number of nitrogens with zero attached hydrogens (tertiary/aromatic N) is 2. The van der Waals surface area contributed by atoms with Gasteiger partial charge in [0.15, 0.2) is 5.82 Å². The Morgan fingerprint density at radius 1 is 1.13 bits per heavy atom. The van der Waals surface area contributed by atoms with Gasteiger partial charge in [-0.15, -0.1) is 0 Å². The maximum Gasteiger partial charge on any atom is 0.410 e.